The van der Waals surface area contributed by atoms with E-state index in [1.165, 1.54) is 32.1 Å². The summed E-state index contributed by atoms with van der Waals surface area (Å²) >= 11 is 0. The maximum atomic E-state index is 6.96. The lowest BCUT2D eigenvalue weighted by Crippen LogP contribution is -2.49. The molecule has 0 radical (unpaired) electrons. The summed E-state index contributed by atoms with van der Waals surface area (Å²) in [7, 11) is 0. The molecule has 1 N–H and O–H groups in total. The van der Waals surface area contributed by atoms with E-state index in [-0.39, 0.29) is 0 Å². The molecule has 96 valence electrons. The lowest BCUT2D eigenvalue weighted by Gasteiger charge is -2.39. The number of rotatable bonds is 4. The quantitative estimate of drug-likeness (QED) is 0.760. The molecule has 1 unspecified atom stereocenters. The predicted octanol–water partition coefficient (Wildman–Crippen LogP) is 2.02. The molecule has 2 rings (SSSR count). The minimum Gasteiger partial charge on any atom is -0.379 e. The average Bonchev–Trinajstić information content (AvgIpc) is 2.42. The molecule has 0 bridgehead atoms. The Kier molecular flexibility index (Phi) is 5.17. The van der Waals surface area contributed by atoms with Gasteiger partial charge in [-0.1, -0.05) is 19.3 Å². The standard InChI is InChI=1S/C13H23N3O/c14-11-15-10-13(12-4-2-1-3-5-12)16-6-8-17-9-7-16/h12-14H,1-10H2. The number of aliphatic imine (C=N–C) groups is 1. The first kappa shape index (κ1) is 12.7. The minimum atomic E-state index is 0.511. The van der Waals surface area contributed by atoms with Crippen molar-refractivity contribution in [3.8, 4) is 0 Å². The van der Waals surface area contributed by atoms with Gasteiger partial charge in [0, 0.05) is 19.1 Å². The van der Waals surface area contributed by atoms with Crippen molar-refractivity contribution >= 4 is 6.01 Å². The summed E-state index contributed by atoms with van der Waals surface area (Å²) in [5.41, 5.74) is 0. The Morgan fingerprint density at radius 1 is 1.24 bits per heavy atom. The van der Waals surface area contributed by atoms with E-state index in [0.717, 1.165) is 38.8 Å². The van der Waals surface area contributed by atoms with Crippen LogP contribution in [0.1, 0.15) is 32.1 Å². The van der Waals surface area contributed by atoms with Gasteiger partial charge in [0.2, 0.25) is 0 Å². The summed E-state index contributed by atoms with van der Waals surface area (Å²) in [6.45, 7) is 4.48. The van der Waals surface area contributed by atoms with Gasteiger partial charge >= 0.3 is 0 Å². The van der Waals surface area contributed by atoms with E-state index in [1.54, 1.807) is 0 Å². The van der Waals surface area contributed by atoms with Crippen molar-refractivity contribution in [2.45, 2.75) is 38.1 Å². The van der Waals surface area contributed by atoms with Gasteiger partial charge < -0.3 is 4.74 Å². The van der Waals surface area contributed by atoms with Gasteiger partial charge in [-0.2, -0.15) is 0 Å². The number of hydrogen-bond donors (Lipinski definition) is 1. The zero-order chi connectivity index (χ0) is 11.9. The van der Waals surface area contributed by atoms with E-state index >= 15 is 0 Å². The Hall–Kier alpha value is -0.700. The lowest BCUT2D eigenvalue weighted by molar-refractivity contribution is 0.000459. The fraction of sp³-hybridized carbons (Fsp3) is 0.923. The fourth-order valence-corrected chi connectivity index (χ4v) is 3.13. The molecule has 1 aliphatic heterocycles. The van der Waals surface area contributed by atoms with Crippen LogP contribution in [-0.4, -0.2) is 49.8 Å². The van der Waals surface area contributed by atoms with Crippen molar-refractivity contribution in [3.63, 3.8) is 0 Å². The van der Waals surface area contributed by atoms with Crippen LogP contribution in [-0.2, 0) is 4.74 Å². The monoisotopic (exact) mass is 237 g/mol. The molecular weight excluding hydrogens is 214 g/mol. The Balaban J connectivity index is 1.97. The van der Waals surface area contributed by atoms with Gasteiger partial charge in [0.15, 0.2) is 0 Å². The molecule has 1 atom stereocenters. The number of nitrogens with one attached hydrogen (secondary N) is 1. The van der Waals surface area contributed by atoms with Crippen LogP contribution in [0.5, 0.6) is 0 Å². The van der Waals surface area contributed by atoms with Crippen molar-refractivity contribution in [2.75, 3.05) is 32.8 Å². The zero-order valence-electron chi connectivity index (χ0n) is 10.5. The van der Waals surface area contributed by atoms with Gasteiger partial charge in [0.25, 0.3) is 0 Å². The number of nitrogens with zero attached hydrogens (tertiary/aromatic N) is 2. The highest BCUT2D eigenvalue weighted by molar-refractivity contribution is 5.35. The van der Waals surface area contributed by atoms with Gasteiger partial charge in [-0.25, -0.2) is 10.4 Å². The summed E-state index contributed by atoms with van der Waals surface area (Å²) in [5.74, 6) is 0.763. The molecule has 1 heterocycles. The van der Waals surface area contributed by atoms with Crippen molar-refractivity contribution in [1.82, 2.24) is 4.90 Å². The third-order valence-corrected chi connectivity index (χ3v) is 4.07. The van der Waals surface area contributed by atoms with Crippen LogP contribution in [0.25, 0.3) is 0 Å². The van der Waals surface area contributed by atoms with Crippen molar-refractivity contribution in [3.05, 3.63) is 0 Å². The predicted molar refractivity (Wildman–Crippen MR) is 67.8 cm³/mol. The van der Waals surface area contributed by atoms with E-state index in [9.17, 15) is 0 Å². The van der Waals surface area contributed by atoms with E-state index < -0.39 is 0 Å². The first-order valence-electron chi connectivity index (χ1n) is 6.82. The van der Waals surface area contributed by atoms with Crippen molar-refractivity contribution < 1.29 is 4.74 Å². The molecule has 0 aromatic rings. The number of ether oxygens (including phenoxy) is 1. The molecule has 2 aliphatic rings. The van der Waals surface area contributed by atoms with Gasteiger partial charge in [-0.05, 0) is 18.8 Å². The topological polar surface area (TPSA) is 48.7 Å². The van der Waals surface area contributed by atoms with Crippen LogP contribution in [0.3, 0.4) is 0 Å². The maximum absolute atomic E-state index is 6.96. The Morgan fingerprint density at radius 2 is 1.94 bits per heavy atom. The van der Waals surface area contributed by atoms with Crippen LogP contribution in [0.4, 0.5) is 0 Å². The molecule has 4 nitrogen and oxygen atoms in total. The Morgan fingerprint density at radius 3 is 2.59 bits per heavy atom. The molecule has 0 aromatic carbocycles. The van der Waals surface area contributed by atoms with Gasteiger partial charge in [-0.3, -0.25) is 4.90 Å². The summed E-state index contributed by atoms with van der Waals surface area (Å²) in [6, 6.07) is 2.70. The maximum Gasteiger partial charge on any atom is 0.0862 e. The van der Waals surface area contributed by atoms with Gasteiger partial charge in [-0.15, -0.1) is 0 Å². The van der Waals surface area contributed by atoms with Crippen molar-refractivity contribution in [1.29, 1.82) is 5.41 Å². The van der Waals surface area contributed by atoms with Crippen LogP contribution in [0.15, 0.2) is 4.99 Å². The smallest absolute Gasteiger partial charge is 0.0862 e. The van der Waals surface area contributed by atoms with Gasteiger partial charge in [0.05, 0.1) is 25.8 Å². The molecular formula is C13H23N3O. The molecule has 0 spiro atoms. The van der Waals surface area contributed by atoms with E-state index in [0.29, 0.717) is 6.04 Å². The third-order valence-electron chi connectivity index (χ3n) is 4.07. The van der Waals surface area contributed by atoms with Gasteiger partial charge in [0.1, 0.15) is 0 Å². The Labute approximate surface area is 104 Å². The van der Waals surface area contributed by atoms with Crippen LogP contribution in [0.2, 0.25) is 0 Å². The average molecular weight is 237 g/mol. The second-order valence-corrected chi connectivity index (χ2v) is 5.07. The lowest BCUT2D eigenvalue weighted by atomic mass is 9.83. The number of hydrogen-bond acceptors (Lipinski definition) is 4. The summed E-state index contributed by atoms with van der Waals surface area (Å²) < 4.78 is 5.42. The van der Waals surface area contributed by atoms with E-state index in [2.05, 4.69) is 15.9 Å². The largest absolute Gasteiger partial charge is 0.379 e. The molecule has 0 amide bonds. The molecule has 4 heteroatoms. The summed E-state index contributed by atoms with van der Waals surface area (Å²) in [6.07, 6.45) is 6.77. The molecule has 0 aromatic heterocycles. The fourth-order valence-electron chi connectivity index (χ4n) is 3.13. The van der Waals surface area contributed by atoms with E-state index in [1.807, 2.05) is 0 Å². The second kappa shape index (κ2) is 6.90. The van der Waals surface area contributed by atoms with Crippen LogP contribution < -0.4 is 0 Å². The zero-order valence-corrected chi connectivity index (χ0v) is 10.5. The number of morpholine rings is 1. The molecule has 1 aliphatic carbocycles. The first-order valence-corrected chi connectivity index (χ1v) is 6.82. The highest BCUT2D eigenvalue weighted by atomic mass is 16.5. The van der Waals surface area contributed by atoms with Crippen LogP contribution in [0, 0.1) is 11.3 Å². The summed E-state index contributed by atoms with van der Waals surface area (Å²) in [5, 5.41) is 6.96. The third kappa shape index (κ3) is 3.63. The second-order valence-electron chi connectivity index (χ2n) is 5.07. The highest BCUT2D eigenvalue weighted by Crippen LogP contribution is 2.29. The first-order chi connectivity index (χ1) is 8.42. The SMILES string of the molecule is N=C=NCC(C1CCCCC1)N1CCOCC1. The molecule has 17 heavy (non-hydrogen) atoms. The summed E-state index contributed by atoms with van der Waals surface area (Å²) in [4.78, 5) is 6.57. The highest BCUT2D eigenvalue weighted by Gasteiger charge is 2.29. The Bertz CT molecular complexity index is 246. The van der Waals surface area contributed by atoms with Crippen LogP contribution >= 0.6 is 0 Å². The van der Waals surface area contributed by atoms with Crippen molar-refractivity contribution in [2.24, 2.45) is 10.9 Å². The molecule has 1 saturated heterocycles. The normalized spacial score (nSPS) is 25.2. The van der Waals surface area contributed by atoms with E-state index in [4.69, 9.17) is 10.1 Å². The minimum absolute atomic E-state index is 0.511. The molecule has 2 fully saturated rings. The molecule has 1 saturated carbocycles.